The fourth-order valence-corrected chi connectivity index (χ4v) is 6.85. The molecule has 0 bridgehead atoms. The number of likely N-dealkylation sites (tertiary alicyclic amines) is 2. The second-order valence-electron chi connectivity index (χ2n) is 9.69. The van der Waals surface area contributed by atoms with Crippen LogP contribution in [0, 0.1) is 5.92 Å². The summed E-state index contributed by atoms with van der Waals surface area (Å²) >= 11 is 0. The number of carbonyl (C=O) groups is 2. The van der Waals surface area contributed by atoms with Gasteiger partial charge in [-0.25, -0.2) is 17.9 Å². The summed E-state index contributed by atoms with van der Waals surface area (Å²) in [6.07, 6.45) is 3.32. The highest BCUT2D eigenvalue weighted by Crippen LogP contribution is 2.37. The molecule has 1 spiro atoms. The number of hydrogen-bond donors (Lipinski definition) is 1. The van der Waals surface area contributed by atoms with E-state index in [2.05, 4.69) is 4.72 Å². The highest BCUT2D eigenvalue weighted by molar-refractivity contribution is 7.89. The lowest BCUT2D eigenvalue weighted by Gasteiger charge is -2.44. The van der Waals surface area contributed by atoms with Crippen molar-refractivity contribution in [2.24, 2.45) is 5.92 Å². The Morgan fingerprint density at radius 1 is 1.09 bits per heavy atom. The SMILES string of the molecule is O=C1CO[C@H]2CCN(C(=O)N3CCC4(CC3)C[C@H](NS(=O)(=O)c3ccccc3)CO4)C[C@H]2C1. The van der Waals surface area contributed by atoms with Gasteiger partial charge in [0.1, 0.15) is 6.61 Å². The Balaban J connectivity index is 1.14. The topological polar surface area (TPSA) is 105 Å². The van der Waals surface area contributed by atoms with Crippen LogP contribution in [0.3, 0.4) is 0 Å². The van der Waals surface area contributed by atoms with Gasteiger partial charge in [-0.15, -0.1) is 0 Å². The van der Waals surface area contributed by atoms with E-state index in [9.17, 15) is 18.0 Å². The van der Waals surface area contributed by atoms with E-state index in [4.69, 9.17) is 9.47 Å². The van der Waals surface area contributed by atoms with E-state index in [1.807, 2.05) is 9.80 Å². The normalized spacial score (nSPS) is 29.8. The molecule has 4 fully saturated rings. The summed E-state index contributed by atoms with van der Waals surface area (Å²) in [5.74, 6) is 0.206. The molecule has 0 radical (unpaired) electrons. The Kier molecular flexibility index (Phi) is 6.19. The van der Waals surface area contributed by atoms with E-state index in [-0.39, 0.29) is 41.4 Å². The van der Waals surface area contributed by atoms with Crippen LogP contribution in [-0.2, 0) is 24.3 Å². The van der Waals surface area contributed by atoms with Crippen molar-refractivity contribution < 1.29 is 27.5 Å². The second kappa shape index (κ2) is 8.98. The minimum Gasteiger partial charge on any atom is -0.373 e. The fourth-order valence-electron chi connectivity index (χ4n) is 5.61. The summed E-state index contributed by atoms with van der Waals surface area (Å²) in [7, 11) is -3.59. The molecule has 10 heteroatoms. The highest BCUT2D eigenvalue weighted by Gasteiger charge is 2.45. The summed E-state index contributed by atoms with van der Waals surface area (Å²) in [5.41, 5.74) is -0.392. The number of hydrogen-bond acceptors (Lipinski definition) is 6. The summed E-state index contributed by atoms with van der Waals surface area (Å²) in [4.78, 5) is 28.8. The molecule has 9 nitrogen and oxygen atoms in total. The predicted molar refractivity (Wildman–Crippen MR) is 119 cm³/mol. The molecule has 4 aliphatic heterocycles. The molecular weight excluding hydrogens is 446 g/mol. The number of ketones is 1. The molecule has 180 valence electrons. The molecule has 4 aliphatic rings. The third-order valence-electron chi connectivity index (χ3n) is 7.41. The van der Waals surface area contributed by atoms with Crippen LogP contribution in [0.15, 0.2) is 35.2 Å². The molecule has 4 saturated heterocycles. The van der Waals surface area contributed by atoms with Gasteiger partial charge >= 0.3 is 6.03 Å². The van der Waals surface area contributed by atoms with E-state index < -0.39 is 15.6 Å². The number of urea groups is 1. The number of amides is 2. The van der Waals surface area contributed by atoms with Crippen LogP contribution in [-0.4, -0.2) is 87.2 Å². The maximum atomic E-state index is 13.1. The summed E-state index contributed by atoms with van der Waals surface area (Å²) in [5, 5.41) is 0. The maximum Gasteiger partial charge on any atom is 0.320 e. The number of carbonyl (C=O) groups excluding carboxylic acids is 2. The number of ether oxygens (including phenoxy) is 2. The van der Waals surface area contributed by atoms with Gasteiger partial charge in [0.15, 0.2) is 5.78 Å². The zero-order valence-electron chi connectivity index (χ0n) is 18.6. The van der Waals surface area contributed by atoms with Gasteiger partial charge in [0, 0.05) is 44.6 Å². The lowest BCUT2D eigenvalue weighted by Crippen LogP contribution is -2.56. The summed E-state index contributed by atoms with van der Waals surface area (Å²) in [6, 6.07) is 8.09. The van der Waals surface area contributed by atoms with Gasteiger partial charge in [0.05, 0.1) is 23.2 Å². The van der Waals surface area contributed by atoms with Gasteiger partial charge < -0.3 is 19.3 Å². The average Bonchev–Trinajstić information content (AvgIpc) is 3.20. The van der Waals surface area contributed by atoms with Crippen molar-refractivity contribution in [2.75, 3.05) is 39.4 Å². The number of fused-ring (bicyclic) bond motifs is 1. The number of nitrogens with one attached hydrogen (secondary N) is 1. The third-order valence-corrected chi connectivity index (χ3v) is 8.95. The third kappa shape index (κ3) is 4.80. The van der Waals surface area contributed by atoms with E-state index in [1.165, 1.54) is 0 Å². The van der Waals surface area contributed by atoms with Gasteiger partial charge in [-0.05, 0) is 37.8 Å². The first-order valence-corrected chi connectivity index (χ1v) is 13.2. The number of Topliss-reactive ketones (excluding diaryl/α,β-unsaturated/α-hetero) is 1. The largest absolute Gasteiger partial charge is 0.373 e. The number of piperidine rings is 2. The van der Waals surface area contributed by atoms with Crippen molar-refractivity contribution in [3.63, 3.8) is 0 Å². The second-order valence-corrected chi connectivity index (χ2v) is 11.4. The lowest BCUT2D eigenvalue weighted by atomic mass is 9.87. The Hall–Kier alpha value is -2.01. The number of nitrogens with zero attached hydrogens (tertiary/aromatic N) is 2. The van der Waals surface area contributed by atoms with Crippen molar-refractivity contribution in [2.45, 2.75) is 54.7 Å². The molecule has 2 amide bonds. The summed E-state index contributed by atoms with van der Waals surface area (Å²) < 4.78 is 39.8. The molecule has 3 atom stereocenters. The molecule has 1 aromatic rings. The Bertz CT molecular complexity index is 993. The molecule has 0 saturated carbocycles. The molecule has 0 unspecified atom stereocenters. The molecule has 1 aromatic carbocycles. The Morgan fingerprint density at radius 3 is 2.61 bits per heavy atom. The van der Waals surface area contributed by atoms with Crippen LogP contribution in [0.5, 0.6) is 0 Å². The first-order valence-electron chi connectivity index (χ1n) is 11.7. The maximum absolute atomic E-state index is 13.1. The van der Waals surface area contributed by atoms with Crippen molar-refractivity contribution in [1.29, 1.82) is 0 Å². The standard InChI is InChI=1S/C23H31N3O6S/c27-19-12-17-14-26(9-6-21(17)31-16-19)22(28)25-10-7-23(8-11-25)13-18(15-32-23)24-33(29,30)20-4-2-1-3-5-20/h1-5,17-18,21,24H,6-16H2/t17-,18+,21+/m1/s1. The molecule has 4 heterocycles. The van der Waals surface area contributed by atoms with Gasteiger partial charge in [-0.3, -0.25) is 4.79 Å². The van der Waals surface area contributed by atoms with Crippen LogP contribution >= 0.6 is 0 Å². The molecule has 1 N–H and O–H groups in total. The minimum absolute atomic E-state index is 0.0145. The molecule has 0 aromatic heterocycles. The van der Waals surface area contributed by atoms with Gasteiger partial charge in [-0.1, -0.05) is 18.2 Å². The van der Waals surface area contributed by atoms with Crippen molar-refractivity contribution >= 4 is 21.8 Å². The van der Waals surface area contributed by atoms with Crippen molar-refractivity contribution in [3.05, 3.63) is 30.3 Å². The van der Waals surface area contributed by atoms with Gasteiger partial charge in [0.25, 0.3) is 0 Å². The quantitative estimate of drug-likeness (QED) is 0.705. The first kappa shape index (κ1) is 22.8. The zero-order chi connectivity index (χ0) is 23.1. The van der Waals surface area contributed by atoms with E-state index in [0.29, 0.717) is 58.5 Å². The average molecular weight is 478 g/mol. The molecule has 0 aliphatic carbocycles. The van der Waals surface area contributed by atoms with E-state index in [0.717, 1.165) is 6.42 Å². The summed E-state index contributed by atoms with van der Waals surface area (Å²) in [6.45, 7) is 2.91. The van der Waals surface area contributed by atoms with Gasteiger partial charge in [-0.2, -0.15) is 0 Å². The molecular formula is C23H31N3O6S. The zero-order valence-corrected chi connectivity index (χ0v) is 19.5. The fraction of sp³-hybridized carbons (Fsp3) is 0.652. The van der Waals surface area contributed by atoms with Gasteiger partial charge in [0.2, 0.25) is 10.0 Å². The van der Waals surface area contributed by atoms with Crippen LogP contribution in [0.25, 0.3) is 0 Å². The van der Waals surface area contributed by atoms with E-state index in [1.54, 1.807) is 30.3 Å². The van der Waals surface area contributed by atoms with Crippen molar-refractivity contribution in [3.8, 4) is 0 Å². The Labute approximate surface area is 194 Å². The lowest BCUT2D eigenvalue weighted by molar-refractivity contribution is -0.140. The first-order chi connectivity index (χ1) is 15.8. The predicted octanol–water partition coefficient (Wildman–Crippen LogP) is 1.39. The molecule has 5 rings (SSSR count). The number of rotatable bonds is 3. The van der Waals surface area contributed by atoms with Crippen LogP contribution in [0.4, 0.5) is 4.79 Å². The minimum atomic E-state index is -3.59. The van der Waals surface area contributed by atoms with Crippen LogP contribution in [0.1, 0.15) is 32.1 Å². The van der Waals surface area contributed by atoms with Crippen LogP contribution in [0.2, 0.25) is 0 Å². The monoisotopic (exact) mass is 477 g/mol. The number of benzene rings is 1. The molecule has 33 heavy (non-hydrogen) atoms. The Morgan fingerprint density at radius 2 is 1.85 bits per heavy atom. The highest BCUT2D eigenvalue weighted by atomic mass is 32.2. The van der Waals surface area contributed by atoms with E-state index >= 15 is 0 Å². The number of sulfonamides is 1. The smallest absolute Gasteiger partial charge is 0.320 e. The van der Waals surface area contributed by atoms with Crippen LogP contribution < -0.4 is 4.72 Å². The van der Waals surface area contributed by atoms with Crippen molar-refractivity contribution in [1.82, 2.24) is 14.5 Å².